The molecule has 0 aromatic carbocycles. The van der Waals surface area contributed by atoms with Gasteiger partial charge >= 0.3 is 0 Å². The largest absolute Gasteiger partial charge is 0.248 e. The van der Waals surface area contributed by atoms with Gasteiger partial charge in [0, 0.05) is 6.20 Å². The Morgan fingerprint density at radius 1 is 1.42 bits per heavy atom. The molecule has 0 saturated heterocycles. The first-order valence-corrected chi connectivity index (χ1v) is 4.33. The van der Waals surface area contributed by atoms with Crippen LogP contribution in [0.1, 0.15) is 36.4 Å². The van der Waals surface area contributed by atoms with E-state index in [0.29, 0.717) is 0 Å². The summed E-state index contributed by atoms with van der Waals surface area (Å²) in [4.78, 5) is 4.16. The summed E-state index contributed by atoms with van der Waals surface area (Å²) in [6.07, 6.45) is 11.1. The molecular formula is C11H11N. The van der Waals surface area contributed by atoms with Gasteiger partial charge in [-0.25, -0.2) is 4.98 Å². The molecule has 1 aromatic rings. The number of pyridine rings is 1. The van der Waals surface area contributed by atoms with Gasteiger partial charge in [0.1, 0.15) is 5.69 Å². The predicted octanol–water partition coefficient (Wildman–Crippen LogP) is 2.33. The van der Waals surface area contributed by atoms with Gasteiger partial charge in [0.2, 0.25) is 0 Å². The van der Waals surface area contributed by atoms with Gasteiger partial charge in [0.05, 0.1) is 0 Å². The lowest BCUT2D eigenvalue weighted by molar-refractivity contribution is 0.419. The molecule has 0 N–H and O–H groups in total. The highest BCUT2D eigenvalue weighted by molar-refractivity contribution is 5.28. The highest BCUT2D eigenvalue weighted by Crippen LogP contribution is 2.35. The van der Waals surface area contributed by atoms with E-state index < -0.39 is 0 Å². The summed E-state index contributed by atoms with van der Waals surface area (Å²) in [6, 6.07) is 4.03. The lowest BCUT2D eigenvalue weighted by Crippen LogP contribution is -2.08. The van der Waals surface area contributed by atoms with Gasteiger partial charge < -0.3 is 0 Å². The molecule has 12 heavy (non-hydrogen) atoms. The Morgan fingerprint density at radius 2 is 2.25 bits per heavy atom. The van der Waals surface area contributed by atoms with E-state index in [0.717, 1.165) is 11.6 Å². The normalized spacial score (nSPS) is 16.6. The number of nitrogens with zero attached hydrogens (tertiary/aromatic N) is 1. The Morgan fingerprint density at radius 3 is 2.67 bits per heavy atom. The molecule has 0 unspecified atom stereocenters. The average Bonchev–Trinajstić information content (AvgIpc) is 2.03. The SMILES string of the molecule is C#Cc1ccc(C2CCC2)cn1. The average molecular weight is 157 g/mol. The third-order valence-corrected chi connectivity index (χ3v) is 2.51. The van der Waals surface area contributed by atoms with Gasteiger partial charge in [-0.2, -0.15) is 0 Å². The Labute approximate surface area is 72.8 Å². The predicted molar refractivity (Wildman–Crippen MR) is 48.8 cm³/mol. The van der Waals surface area contributed by atoms with E-state index in [4.69, 9.17) is 6.42 Å². The lowest BCUT2D eigenvalue weighted by Gasteiger charge is -2.25. The smallest absolute Gasteiger partial charge is 0.112 e. The lowest BCUT2D eigenvalue weighted by atomic mass is 9.81. The zero-order valence-corrected chi connectivity index (χ0v) is 6.96. The van der Waals surface area contributed by atoms with Crippen LogP contribution in [-0.4, -0.2) is 4.98 Å². The van der Waals surface area contributed by atoms with Crippen molar-refractivity contribution in [2.75, 3.05) is 0 Å². The minimum absolute atomic E-state index is 0.734. The van der Waals surface area contributed by atoms with Crippen molar-refractivity contribution < 1.29 is 0 Å². The monoisotopic (exact) mass is 157 g/mol. The first kappa shape index (κ1) is 7.36. The van der Waals surface area contributed by atoms with Crippen LogP contribution in [0.4, 0.5) is 0 Å². The summed E-state index contributed by atoms with van der Waals surface area (Å²) in [5.41, 5.74) is 2.08. The van der Waals surface area contributed by atoms with Crippen LogP contribution in [-0.2, 0) is 0 Å². The molecule has 1 heteroatoms. The van der Waals surface area contributed by atoms with Crippen molar-refractivity contribution in [2.24, 2.45) is 0 Å². The van der Waals surface area contributed by atoms with Gasteiger partial charge in [0.15, 0.2) is 0 Å². The highest BCUT2D eigenvalue weighted by atomic mass is 14.7. The Hall–Kier alpha value is -1.29. The molecule has 0 amide bonds. The molecule has 0 radical (unpaired) electrons. The van der Waals surface area contributed by atoms with E-state index in [9.17, 15) is 0 Å². The zero-order valence-electron chi connectivity index (χ0n) is 6.96. The molecule has 0 aliphatic heterocycles. The van der Waals surface area contributed by atoms with Crippen LogP contribution >= 0.6 is 0 Å². The number of rotatable bonds is 1. The van der Waals surface area contributed by atoms with Crippen molar-refractivity contribution in [3.8, 4) is 12.3 Å². The van der Waals surface area contributed by atoms with E-state index in [2.05, 4.69) is 17.0 Å². The van der Waals surface area contributed by atoms with E-state index >= 15 is 0 Å². The summed E-state index contributed by atoms with van der Waals surface area (Å²) in [6.45, 7) is 0. The van der Waals surface area contributed by atoms with Crippen LogP contribution in [0.25, 0.3) is 0 Å². The first-order chi connectivity index (χ1) is 5.90. The van der Waals surface area contributed by atoms with Gasteiger partial charge in [-0.3, -0.25) is 0 Å². The molecule has 1 aromatic heterocycles. The molecule has 0 bridgehead atoms. The van der Waals surface area contributed by atoms with Crippen molar-refractivity contribution in [1.29, 1.82) is 0 Å². The van der Waals surface area contributed by atoms with Crippen molar-refractivity contribution in [3.63, 3.8) is 0 Å². The summed E-state index contributed by atoms with van der Waals surface area (Å²) in [5, 5.41) is 0. The fourth-order valence-corrected chi connectivity index (χ4v) is 1.47. The van der Waals surface area contributed by atoms with Gasteiger partial charge in [-0.05, 0) is 30.4 Å². The highest BCUT2D eigenvalue weighted by Gasteiger charge is 2.19. The Bertz CT molecular complexity index is 301. The fourth-order valence-electron chi connectivity index (χ4n) is 1.47. The molecule has 0 spiro atoms. The maximum atomic E-state index is 5.21. The molecule has 1 aliphatic rings. The van der Waals surface area contributed by atoms with Crippen LogP contribution in [0.3, 0.4) is 0 Å². The number of aromatic nitrogens is 1. The van der Waals surface area contributed by atoms with Crippen molar-refractivity contribution in [3.05, 3.63) is 29.6 Å². The molecule has 1 saturated carbocycles. The van der Waals surface area contributed by atoms with Crippen LogP contribution in [0, 0.1) is 12.3 Å². The van der Waals surface area contributed by atoms with Crippen LogP contribution in [0.5, 0.6) is 0 Å². The summed E-state index contributed by atoms with van der Waals surface area (Å²) in [7, 11) is 0. The molecule has 1 fully saturated rings. The van der Waals surface area contributed by atoms with Crippen LogP contribution in [0.2, 0.25) is 0 Å². The molecule has 60 valence electrons. The van der Waals surface area contributed by atoms with Crippen molar-refractivity contribution >= 4 is 0 Å². The van der Waals surface area contributed by atoms with E-state index in [1.807, 2.05) is 12.3 Å². The fraction of sp³-hybridized carbons (Fsp3) is 0.364. The van der Waals surface area contributed by atoms with Gasteiger partial charge in [-0.15, -0.1) is 6.42 Å². The van der Waals surface area contributed by atoms with E-state index in [1.54, 1.807) is 0 Å². The number of hydrogen-bond acceptors (Lipinski definition) is 1. The zero-order chi connectivity index (χ0) is 8.39. The molecule has 2 rings (SSSR count). The van der Waals surface area contributed by atoms with E-state index in [-0.39, 0.29) is 0 Å². The topological polar surface area (TPSA) is 12.9 Å². The van der Waals surface area contributed by atoms with Gasteiger partial charge in [0.25, 0.3) is 0 Å². The third kappa shape index (κ3) is 1.21. The van der Waals surface area contributed by atoms with Crippen molar-refractivity contribution in [1.82, 2.24) is 4.98 Å². The second-order valence-electron chi connectivity index (χ2n) is 3.25. The molecule has 1 heterocycles. The summed E-state index contributed by atoms with van der Waals surface area (Å²) in [5.74, 6) is 3.27. The summed E-state index contributed by atoms with van der Waals surface area (Å²) < 4.78 is 0. The number of terminal acetylenes is 1. The van der Waals surface area contributed by atoms with E-state index in [1.165, 1.54) is 24.8 Å². The minimum atomic E-state index is 0.734. The Kier molecular flexibility index (Phi) is 1.83. The maximum Gasteiger partial charge on any atom is 0.112 e. The van der Waals surface area contributed by atoms with Crippen LogP contribution in [0.15, 0.2) is 18.3 Å². The number of hydrogen-bond donors (Lipinski definition) is 0. The first-order valence-electron chi connectivity index (χ1n) is 4.33. The minimum Gasteiger partial charge on any atom is -0.248 e. The van der Waals surface area contributed by atoms with Crippen LogP contribution < -0.4 is 0 Å². The molecule has 1 nitrogen and oxygen atoms in total. The summed E-state index contributed by atoms with van der Waals surface area (Å²) >= 11 is 0. The quantitative estimate of drug-likeness (QED) is 0.570. The molecule has 1 aliphatic carbocycles. The third-order valence-electron chi connectivity index (χ3n) is 2.51. The molecular weight excluding hydrogens is 146 g/mol. The van der Waals surface area contributed by atoms with Crippen molar-refractivity contribution in [2.45, 2.75) is 25.2 Å². The second-order valence-corrected chi connectivity index (χ2v) is 3.25. The molecule has 0 atom stereocenters. The van der Waals surface area contributed by atoms with Gasteiger partial charge in [-0.1, -0.05) is 18.4 Å². The maximum absolute atomic E-state index is 5.21. The second kappa shape index (κ2) is 2.98. The Balaban J connectivity index is 2.19. The standard InChI is InChI=1S/C11H11N/c1-2-11-7-6-10(8-12-11)9-4-3-5-9/h1,6-9H,3-5H2.